The monoisotopic (exact) mass is 279 g/mol. The number of nitrogens with one attached hydrogen (secondary N) is 1. The average Bonchev–Trinajstić information content (AvgIpc) is 2.65. The van der Waals surface area contributed by atoms with E-state index in [-0.39, 0.29) is 16.6 Å². The minimum Gasteiger partial charge on any atom is -0.465 e. The van der Waals surface area contributed by atoms with E-state index in [9.17, 15) is 9.59 Å². The average molecular weight is 280 g/mol. The summed E-state index contributed by atoms with van der Waals surface area (Å²) in [5, 5.41) is 3.33. The number of carbonyl (C=O) groups is 2. The number of esters is 1. The van der Waals surface area contributed by atoms with E-state index >= 15 is 0 Å². The Bertz CT molecular complexity index is 423. The largest absolute Gasteiger partial charge is 0.465 e. The number of nitrogens with two attached hydrogens (primary N) is 1. The molecular formula is C8H10ClN3O4S. The third kappa shape index (κ3) is 4.08. The van der Waals surface area contributed by atoms with Crippen LogP contribution in [0.1, 0.15) is 9.67 Å². The van der Waals surface area contributed by atoms with E-state index in [0.717, 1.165) is 11.3 Å². The van der Waals surface area contributed by atoms with Gasteiger partial charge in [-0.2, -0.15) is 0 Å². The quantitative estimate of drug-likeness (QED) is 0.618. The smallest absolute Gasteiger partial charge is 0.404 e. The number of primary amides is 1. The van der Waals surface area contributed by atoms with Gasteiger partial charge in [0.15, 0.2) is 15.2 Å². The van der Waals surface area contributed by atoms with Gasteiger partial charge in [-0.15, -0.1) is 0 Å². The molecule has 0 fully saturated rings. The molecule has 0 radical (unpaired) electrons. The van der Waals surface area contributed by atoms with Gasteiger partial charge in [0.2, 0.25) is 0 Å². The van der Waals surface area contributed by atoms with Crippen molar-refractivity contribution in [3.05, 3.63) is 10.0 Å². The Morgan fingerprint density at radius 2 is 2.29 bits per heavy atom. The van der Waals surface area contributed by atoms with Gasteiger partial charge in [0.25, 0.3) is 0 Å². The third-order valence-corrected chi connectivity index (χ3v) is 2.96. The molecule has 1 aromatic heterocycles. The highest BCUT2D eigenvalue weighted by molar-refractivity contribution is 7.18. The van der Waals surface area contributed by atoms with Crippen molar-refractivity contribution in [2.24, 2.45) is 5.73 Å². The minimum atomic E-state index is -0.848. The highest BCUT2D eigenvalue weighted by atomic mass is 35.5. The molecule has 0 atom stereocenters. The minimum absolute atomic E-state index is 0.0696. The Labute approximate surface area is 106 Å². The van der Waals surface area contributed by atoms with Gasteiger partial charge in [0.1, 0.15) is 6.61 Å². The number of methoxy groups -OCH3 is 1. The van der Waals surface area contributed by atoms with E-state index in [1.165, 1.54) is 7.11 Å². The summed E-state index contributed by atoms with van der Waals surface area (Å²) in [5.74, 6) is -0.547. The second kappa shape index (κ2) is 6.26. The van der Waals surface area contributed by atoms with Crippen LogP contribution in [-0.4, -0.2) is 37.3 Å². The lowest BCUT2D eigenvalue weighted by molar-refractivity contribution is 0.0606. The molecule has 1 rings (SSSR count). The maximum absolute atomic E-state index is 11.2. The van der Waals surface area contributed by atoms with Crippen molar-refractivity contribution in [3.8, 4) is 0 Å². The Morgan fingerprint density at radius 1 is 1.59 bits per heavy atom. The number of halogens is 1. The number of aromatic nitrogens is 1. The Hall–Kier alpha value is -1.54. The summed E-state index contributed by atoms with van der Waals surface area (Å²) in [6.45, 7) is 0.410. The van der Waals surface area contributed by atoms with Gasteiger partial charge in [0, 0.05) is 0 Å². The van der Waals surface area contributed by atoms with Crippen LogP contribution >= 0.6 is 22.9 Å². The molecule has 0 aromatic carbocycles. The number of amides is 1. The second-order valence-electron chi connectivity index (χ2n) is 2.72. The van der Waals surface area contributed by atoms with Crippen LogP contribution in [0.2, 0.25) is 5.15 Å². The van der Waals surface area contributed by atoms with E-state index in [2.05, 4.69) is 19.8 Å². The summed E-state index contributed by atoms with van der Waals surface area (Å²) < 4.78 is 9.02. The lowest BCUT2D eigenvalue weighted by atomic mass is 10.6. The number of anilines is 1. The van der Waals surface area contributed by atoms with Gasteiger partial charge in [-0.25, -0.2) is 14.6 Å². The fourth-order valence-electron chi connectivity index (χ4n) is 0.905. The summed E-state index contributed by atoms with van der Waals surface area (Å²) >= 11 is 6.79. The molecule has 1 amide bonds. The summed E-state index contributed by atoms with van der Waals surface area (Å²) in [7, 11) is 1.26. The molecule has 3 N–H and O–H groups in total. The first kappa shape index (κ1) is 13.5. The number of ether oxygens (including phenoxy) is 2. The first-order chi connectivity index (χ1) is 8.04. The summed E-state index contributed by atoms with van der Waals surface area (Å²) in [6, 6.07) is 0. The van der Waals surface area contributed by atoms with Crippen LogP contribution in [-0.2, 0) is 9.47 Å². The maximum Gasteiger partial charge on any atom is 0.404 e. The Kier molecular flexibility index (Phi) is 4.98. The fraction of sp³-hybridized carbons (Fsp3) is 0.375. The van der Waals surface area contributed by atoms with Gasteiger partial charge >= 0.3 is 12.1 Å². The summed E-state index contributed by atoms with van der Waals surface area (Å²) in [5.41, 5.74) is 4.77. The van der Waals surface area contributed by atoms with E-state index < -0.39 is 12.1 Å². The van der Waals surface area contributed by atoms with E-state index in [0.29, 0.717) is 11.7 Å². The zero-order valence-corrected chi connectivity index (χ0v) is 10.4. The van der Waals surface area contributed by atoms with Crippen molar-refractivity contribution in [1.29, 1.82) is 0 Å². The molecule has 0 bridgehead atoms. The number of carbonyl (C=O) groups excluding carboxylic acids is 2. The number of thiazole rings is 1. The molecule has 1 aromatic rings. The number of hydrogen-bond acceptors (Lipinski definition) is 7. The van der Waals surface area contributed by atoms with Gasteiger partial charge in [-0.1, -0.05) is 22.9 Å². The molecule has 0 aliphatic rings. The lowest BCUT2D eigenvalue weighted by Crippen LogP contribution is -2.18. The number of nitrogens with zero attached hydrogens (tertiary/aromatic N) is 1. The molecule has 17 heavy (non-hydrogen) atoms. The molecule has 0 saturated heterocycles. The predicted molar refractivity (Wildman–Crippen MR) is 62.5 cm³/mol. The van der Waals surface area contributed by atoms with Gasteiger partial charge in [-0.05, 0) is 0 Å². The molecule has 0 saturated carbocycles. The highest BCUT2D eigenvalue weighted by Gasteiger charge is 2.16. The van der Waals surface area contributed by atoms with Crippen molar-refractivity contribution >= 4 is 40.1 Å². The molecule has 0 spiro atoms. The fourth-order valence-corrected chi connectivity index (χ4v) is 2.03. The lowest BCUT2D eigenvalue weighted by Gasteiger charge is -2.01. The van der Waals surface area contributed by atoms with E-state index in [1.54, 1.807) is 0 Å². The second-order valence-corrected chi connectivity index (χ2v) is 4.08. The van der Waals surface area contributed by atoms with E-state index in [1.807, 2.05) is 0 Å². The van der Waals surface area contributed by atoms with Crippen LogP contribution in [0.15, 0.2) is 0 Å². The van der Waals surface area contributed by atoms with Gasteiger partial charge in [-0.3, -0.25) is 0 Å². The number of rotatable bonds is 5. The van der Waals surface area contributed by atoms with Crippen LogP contribution in [0.3, 0.4) is 0 Å². The molecular weight excluding hydrogens is 270 g/mol. The molecule has 9 heteroatoms. The molecule has 0 aliphatic carbocycles. The zero-order chi connectivity index (χ0) is 12.8. The SMILES string of the molecule is COC(=O)c1sc(NCCOC(N)=O)nc1Cl. The molecule has 7 nitrogen and oxygen atoms in total. The van der Waals surface area contributed by atoms with Crippen molar-refractivity contribution in [2.75, 3.05) is 25.6 Å². The maximum atomic E-state index is 11.2. The normalized spacial score (nSPS) is 9.76. The van der Waals surface area contributed by atoms with E-state index in [4.69, 9.17) is 17.3 Å². The predicted octanol–water partition coefficient (Wildman–Crippen LogP) is 1.09. The summed E-state index contributed by atoms with van der Waals surface area (Å²) in [6.07, 6.45) is -0.848. The third-order valence-electron chi connectivity index (χ3n) is 1.58. The summed E-state index contributed by atoms with van der Waals surface area (Å²) in [4.78, 5) is 25.6. The van der Waals surface area contributed by atoms with Crippen LogP contribution < -0.4 is 11.1 Å². The Balaban J connectivity index is 2.50. The molecule has 0 aliphatic heterocycles. The number of hydrogen-bond donors (Lipinski definition) is 2. The van der Waals surface area contributed by atoms with Gasteiger partial charge < -0.3 is 20.5 Å². The van der Waals surface area contributed by atoms with Gasteiger partial charge in [0.05, 0.1) is 13.7 Å². The molecule has 0 unspecified atom stereocenters. The van der Waals surface area contributed by atoms with Crippen molar-refractivity contribution < 1.29 is 19.1 Å². The van der Waals surface area contributed by atoms with Crippen molar-refractivity contribution in [2.45, 2.75) is 0 Å². The van der Waals surface area contributed by atoms with Crippen LogP contribution in [0.5, 0.6) is 0 Å². The molecule has 94 valence electrons. The highest BCUT2D eigenvalue weighted by Crippen LogP contribution is 2.27. The van der Waals surface area contributed by atoms with Crippen LogP contribution in [0.25, 0.3) is 0 Å². The first-order valence-electron chi connectivity index (χ1n) is 4.45. The molecule has 1 heterocycles. The van der Waals surface area contributed by atoms with Crippen LogP contribution in [0.4, 0.5) is 9.93 Å². The van der Waals surface area contributed by atoms with Crippen LogP contribution in [0, 0.1) is 0 Å². The standard InChI is InChI=1S/C8H10ClN3O4S/c1-15-6(13)4-5(9)12-8(17-4)11-2-3-16-7(10)14/h2-3H2,1H3,(H2,10,14)(H,11,12). The Morgan fingerprint density at radius 3 is 2.88 bits per heavy atom. The zero-order valence-electron chi connectivity index (χ0n) is 8.86. The first-order valence-corrected chi connectivity index (χ1v) is 5.64. The topological polar surface area (TPSA) is 104 Å². The van der Waals surface area contributed by atoms with Crippen molar-refractivity contribution in [3.63, 3.8) is 0 Å². The van der Waals surface area contributed by atoms with Crippen molar-refractivity contribution in [1.82, 2.24) is 4.98 Å².